The molecule has 0 saturated heterocycles. The monoisotopic (exact) mass is 631 g/mol. The second-order valence-electron chi connectivity index (χ2n) is 10.8. The summed E-state index contributed by atoms with van der Waals surface area (Å²) in [4.78, 5) is 29.5. The van der Waals surface area contributed by atoms with Crippen LogP contribution < -0.4 is 9.62 Å². The van der Waals surface area contributed by atoms with Gasteiger partial charge in [-0.3, -0.25) is 13.9 Å². The molecule has 0 heterocycles. The molecule has 0 bridgehead atoms. The number of nitrogens with zero attached hydrogens (tertiary/aromatic N) is 2. The van der Waals surface area contributed by atoms with Gasteiger partial charge in [0.15, 0.2) is 0 Å². The largest absolute Gasteiger partial charge is 0.355 e. The summed E-state index contributed by atoms with van der Waals surface area (Å²) in [6, 6.07) is 30.8. The van der Waals surface area contributed by atoms with Gasteiger partial charge in [-0.05, 0) is 65.9 Å². The number of nitrogens with one attached hydrogen (secondary N) is 1. The number of likely N-dealkylation sites (N-methyl/N-ethyl adjacent to an activating group) is 1. The zero-order valence-electron chi connectivity index (χ0n) is 25.2. The van der Waals surface area contributed by atoms with Crippen LogP contribution in [0.2, 0.25) is 5.02 Å². The number of sulfonamides is 1. The zero-order chi connectivity index (χ0) is 31.7. The Balaban J connectivity index is 1.79. The molecule has 4 aromatic rings. The van der Waals surface area contributed by atoms with Crippen molar-refractivity contribution in [1.82, 2.24) is 10.2 Å². The molecule has 0 aliphatic rings. The third-order valence-corrected chi connectivity index (χ3v) is 9.39. The molecule has 0 fully saturated rings. The van der Waals surface area contributed by atoms with Crippen LogP contribution in [0.4, 0.5) is 5.69 Å². The van der Waals surface area contributed by atoms with Crippen molar-refractivity contribution in [2.45, 2.75) is 50.6 Å². The average molecular weight is 632 g/mol. The minimum atomic E-state index is -4.14. The summed E-state index contributed by atoms with van der Waals surface area (Å²) in [5, 5.41) is 3.41. The molecule has 4 aromatic carbocycles. The SMILES string of the molecule is CCNC(=O)[C@H](Cc1ccccc1)N(Cc1ccc(Cl)cc1)C(=O)CN(c1ccc(C(C)C)cc1)S(=O)(=O)c1ccccc1. The summed E-state index contributed by atoms with van der Waals surface area (Å²) in [6.07, 6.45) is 0.251. The minimum Gasteiger partial charge on any atom is -0.355 e. The molecule has 7 nitrogen and oxygen atoms in total. The molecule has 9 heteroatoms. The first-order valence-corrected chi connectivity index (χ1v) is 16.4. The molecule has 0 spiro atoms. The van der Waals surface area contributed by atoms with Crippen molar-refractivity contribution < 1.29 is 18.0 Å². The number of amides is 2. The maximum Gasteiger partial charge on any atom is 0.264 e. The van der Waals surface area contributed by atoms with E-state index >= 15 is 0 Å². The molecule has 0 aromatic heterocycles. The van der Waals surface area contributed by atoms with Crippen molar-refractivity contribution >= 4 is 39.1 Å². The number of rotatable bonds is 13. The standard InChI is InChI=1S/C35H38ClN3O4S/c1-4-37-35(41)33(23-27-11-7-5-8-12-27)38(24-28-15-19-30(36)20-16-28)34(40)25-39(31-21-17-29(18-22-31)26(2)3)44(42,43)32-13-9-6-10-14-32/h5-22,26,33H,4,23-25H2,1-3H3,(H,37,41)/t33-/m0/s1. The van der Waals surface area contributed by atoms with E-state index in [0.29, 0.717) is 17.3 Å². The summed E-state index contributed by atoms with van der Waals surface area (Å²) in [5.41, 5.74) is 3.02. The second-order valence-corrected chi connectivity index (χ2v) is 13.1. The van der Waals surface area contributed by atoms with Crippen LogP contribution in [0.15, 0.2) is 114 Å². The molecule has 4 rings (SSSR count). The highest BCUT2D eigenvalue weighted by Crippen LogP contribution is 2.27. The number of carbonyl (C=O) groups excluding carboxylic acids is 2. The van der Waals surface area contributed by atoms with Gasteiger partial charge in [-0.2, -0.15) is 0 Å². The Morgan fingerprint density at radius 2 is 1.39 bits per heavy atom. The van der Waals surface area contributed by atoms with E-state index < -0.39 is 28.5 Å². The maximum absolute atomic E-state index is 14.4. The first kappa shape index (κ1) is 32.8. The van der Waals surface area contributed by atoms with Crippen LogP contribution in [0.1, 0.15) is 43.4 Å². The van der Waals surface area contributed by atoms with Crippen LogP contribution in [0.25, 0.3) is 0 Å². The highest BCUT2D eigenvalue weighted by Gasteiger charge is 2.34. The van der Waals surface area contributed by atoms with E-state index in [9.17, 15) is 18.0 Å². The summed E-state index contributed by atoms with van der Waals surface area (Å²) in [6.45, 7) is 5.88. The highest BCUT2D eigenvalue weighted by atomic mass is 35.5. The summed E-state index contributed by atoms with van der Waals surface area (Å²) in [7, 11) is -4.14. The van der Waals surface area contributed by atoms with Crippen LogP contribution in [-0.2, 0) is 32.6 Å². The third kappa shape index (κ3) is 8.27. The molecule has 0 aliphatic carbocycles. The number of halogens is 1. The smallest absolute Gasteiger partial charge is 0.264 e. The molecule has 1 N–H and O–H groups in total. The van der Waals surface area contributed by atoms with Crippen LogP contribution in [0, 0.1) is 0 Å². The highest BCUT2D eigenvalue weighted by molar-refractivity contribution is 7.92. The molecular formula is C35H38ClN3O4S. The topological polar surface area (TPSA) is 86.8 Å². The Bertz CT molecular complexity index is 1630. The van der Waals surface area contributed by atoms with Crippen LogP contribution in [0.5, 0.6) is 0 Å². The predicted octanol–water partition coefficient (Wildman–Crippen LogP) is 6.43. The minimum absolute atomic E-state index is 0.0644. The van der Waals surface area contributed by atoms with Crippen molar-refractivity contribution in [2.75, 3.05) is 17.4 Å². The van der Waals surface area contributed by atoms with E-state index in [-0.39, 0.29) is 29.7 Å². The van der Waals surface area contributed by atoms with Gasteiger partial charge in [0.1, 0.15) is 12.6 Å². The number of hydrogen-bond donors (Lipinski definition) is 1. The molecule has 0 aliphatic heterocycles. The fourth-order valence-electron chi connectivity index (χ4n) is 4.91. The van der Waals surface area contributed by atoms with E-state index in [4.69, 9.17) is 11.6 Å². The lowest BCUT2D eigenvalue weighted by Gasteiger charge is -2.34. The number of anilines is 1. The second kappa shape index (κ2) is 15.0. The fraction of sp³-hybridized carbons (Fsp3) is 0.257. The van der Waals surface area contributed by atoms with Crippen LogP contribution >= 0.6 is 11.6 Å². The van der Waals surface area contributed by atoms with Gasteiger partial charge in [0.25, 0.3) is 10.0 Å². The molecule has 0 radical (unpaired) electrons. The molecular weight excluding hydrogens is 594 g/mol. The Hall–Kier alpha value is -4.14. The zero-order valence-corrected chi connectivity index (χ0v) is 26.8. The number of carbonyl (C=O) groups is 2. The lowest BCUT2D eigenvalue weighted by Crippen LogP contribution is -2.53. The van der Waals surface area contributed by atoms with Gasteiger partial charge in [-0.1, -0.05) is 98.2 Å². The van der Waals surface area contributed by atoms with E-state index in [1.807, 2.05) is 49.4 Å². The molecule has 1 atom stereocenters. The van der Waals surface area contributed by atoms with Gasteiger partial charge in [-0.25, -0.2) is 8.42 Å². The van der Waals surface area contributed by atoms with E-state index in [1.54, 1.807) is 54.6 Å². The lowest BCUT2D eigenvalue weighted by molar-refractivity contribution is -0.140. The quantitative estimate of drug-likeness (QED) is 0.184. The van der Waals surface area contributed by atoms with Gasteiger partial charge >= 0.3 is 0 Å². The Morgan fingerprint density at radius 3 is 1.95 bits per heavy atom. The molecule has 44 heavy (non-hydrogen) atoms. The average Bonchev–Trinajstić information content (AvgIpc) is 3.03. The third-order valence-electron chi connectivity index (χ3n) is 7.35. The van der Waals surface area contributed by atoms with Gasteiger partial charge in [0, 0.05) is 24.5 Å². The van der Waals surface area contributed by atoms with Gasteiger partial charge in [0.2, 0.25) is 11.8 Å². The maximum atomic E-state index is 14.4. The Morgan fingerprint density at radius 1 is 0.795 bits per heavy atom. The summed E-state index contributed by atoms with van der Waals surface area (Å²) in [5.74, 6) is -0.590. The van der Waals surface area contributed by atoms with Crippen molar-refractivity contribution in [3.05, 3.63) is 131 Å². The Labute approximate surface area is 265 Å². The first-order valence-electron chi connectivity index (χ1n) is 14.6. The fourth-order valence-corrected chi connectivity index (χ4v) is 6.47. The molecule has 230 valence electrons. The van der Waals surface area contributed by atoms with E-state index in [0.717, 1.165) is 21.0 Å². The first-order chi connectivity index (χ1) is 21.1. The van der Waals surface area contributed by atoms with Crippen LogP contribution in [0.3, 0.4) is 0 Å². The van der Waals surface area contributed by atoms with Gasteiger partial charge < -0.3 is 10.2 Å². The van der Waals surface area contributed by atoms with Gasteiger partial charge in [-0.15, -0.1) is 0 Å². The van der Waals surface area contributed by atoms with Crippen molar-refractivity contribution in [1.29, 1.82) is 0 Å². The Kier molecular flexibility index (Phi) is 11.2. The van der Waals surface area contributed by atoms with Crippen molar-refractivity contribution in [2.24, 2.45) is 0 Å². The summed E-state index contributed by atoms with van der Waals surface area (Å²) >= 11 is 6.13. The van der Waals surface area contributed by atoms with Crippen LogP contribution in [-0.4, -0.2) is 44.3 Å². The molecule has 0 unspecified atom stereocenters. The summed E-state index contributed by atoms with van der Waals surface area (Å²) < 4.78 is 29.3. The molecule has 2 amide bonds. The van der Waals surface area contributed by atoms with Crippen molar-refractivity contribution in [3.63, 3.8) is 0 Å². The molecule has 0 saturated carbocycles. The normalized spacial score (nSPS) is 12.0. The van der Waals surface area contributed by atoms with Crippen molar-refractivity contribution in [3.8, 4) is 0 Å². The number of hydrogen-bond acceptors (Lipinski definition) is 4. The lowest BCUT2D eigenvalue weighted by atomic mass is 10.0. The van der Waals surface area contributed by atoms with E-state index in [1.165, 1.54) is 17.0 Å². The van der Waals surface area contributed by atoms with Gasteiger partial charge in [0.05, 0.1) is 10.6 Å². The predicted molar refractivity (Wildman–Crippen MR) is 176 cm³/mol. The van der Waals surface area contributed by atoms with E-state index in [2.05, 4.69) is 19.2 Å². The number of benzene rings is 4.